The van der Waals surface area contributed by atoms with E-state index in [4.69, 9.17) is 5.53 Å². The zero-order chi connectivity index (χ0) is 12.3. The molecule has 4 nitrogen and oxygen atoms in total. The molecule has 0 aliphatic rings. The number of ketones is 1. The standard InChI is InChI=1S/C12H9N3OS/c1-8-5-6-17-12(8)11(16)9-3-2-4-10(7-9)14-15-13/h2-7H,1H3. The average Bonchev–Trinajstić information content (AvgIpc) is 2.75. The summed E-state index contributed by atoms with van der Waals surface area (Å²) >= 11 is 1.42. The highest BCUT2D eigenvalue weighted by molar-refractivity contribution is 7.12. The summed E-state index contributed by atoms with van der Waals surface area (Å²) in [7, 11) is 0. The minimum atomic E-state index is -0.0347. The van der Waals surface area contributed by atoms with Crippen LogP contribution in [0.1, 0.15) is 20.8 Å². The Hall–Kier alpha value is -2.10. The van der Waals surface area contributed by atoms with Gasteiger partial charge in [-0.05, 0) is 35.5 Å². The molecule has 0 amide bonds. The molecule has 0 spiro atoms. The first-order valence-corrected chi connectivity index (χ1v) is 5.84. The predicted molar refractivity (Wildman–Crippen MR) is 67.7 cm³/mol. The summed E-state index contributed by atoms with van der Waals surface area (Å²) < 4.78 is 0. The number of carbonyl (C=O) groups is 1. The molecule has 1 aromatic heterocycles. The fourth-order valence-electron chi connectivity index (χ4n) is 1.50. The topological polar surface area (TPSA) is 65.8 Å². The van der Waals surface area contributed by atoms with Crippen LogP contribution in [0.5, 0.6) is 0 Å². The fraction of sp³-hybridized carbons (Fsp3) is 0.0833. The summed E-state index contributed by atoms with van der Waals surface area (Å²) in [6, 6.07) is 8.60. The number of nitrogens with zero attached hydrogens (tertiary/aromatic N) is 3. The van der Waals surface area contributed by atoms with Gasteiger partial charge in [0.2, 0.25) is 5.78 Å². The van der Waals surface area contributed by atoms with E-state index in [2.05, 4.69) is 10.0 Å². The Morgan fingerprint density at radius 2 is 2.24 bits per heavy atom. The van der Waals surface area contributed by atoms with Crippen LogP contribution >= 0.6 is 11.3 Å². The minimum Gasteiger partial charge on any atom is -0.288 e. The Labute approximate surface area is 102 Å². The lowest BCUT2D eigenvalue weighted by atomic mass is 10.1. The van der Waals surface area contributed by atoms with Crippen LogP contribution in [0.4, 0.5) is 5.69 Å². The molecule has 17 heavy (non-hydrogen) atoms. The number of aryl methyl sites for hydroxylation is 1. The van der Waals surface area contributed by atoms with Gasteiger partial charge in [0.05, 0.1) is 4.88 Å². The maximum Gasteiger partial charge on any atom is 0.203 e. The summed E-state index contributed by atoms with van der Waals surface area (Å²) in [5.41, 5.74) is 10.3. The van der Waals surface area contributed by atoms with Crippen LogP contribution in [0.2, 0.25) is 0 Å². The van der Waals surface area contributed by atoms with Gasteiger partial charge in [0.1, 0.15) is 0 Å². The van der Waals surface area contributed by atoms with Crippen LogP contribution in [0.25, 0.3) is 10.4 Å². The molecule has 2 rings (SSSR count). The summed E-state index contributed by atoms with van der Waals surface area (Å²) in [5, 5.41) is 5.37. The van der Waals surface area contributed by atoms with Crippen molar-refractivity contribution in [2.45, 2.75) is 6.92 Å². The van der Waals surface area contributed by atoms with Gasteiger partial charge in [-0.25, -0.2) is 0 Å². The SMILES string of the molecule is Cc1ccsc1C(=O)c1cccc(N=[N+]=[N-])c1. The van der Waals surface area contributed by atoms with E-state index in [9.17, 15) is 4.79 Å². The number of hydrogen-bond donors (Lipinski definition) is 0. The first-order valence-electron chi connectivity index (χ1n) is 4.96. The molecule has 1 heterocycles. The molecule has 0 aliphatic carbocycles. The maximum atomic E-state index is 12.2. The molecule has 0 saturated carbocycles. The molecule has 0 bridgehead atoms. The van der Waals surface area contributed by atoms with Gasteiger partial charge in [0, 0.05) is 16.2 Å². The maximum absolute atomic E-state index is 12.2. The number of hydrogen-bond acceptors (Lipinski definition) is 3. The molecule has 0 N–H and O–H groups in total. The predicted octanol–water partition coefficient (Wildman–Crippen LogP) is 4.23. The van der Waals surface area contributed by atoms with E-state index in [-0.39, 0.29) is 5.78 Å². The number of rotatable bonds is 3. The van der Waals surface area contributed by atoms with Crippen molar-refractivity contribution in [2.75, 3.05) is 0 Å². The third-order valence-electron chi connectivity index (χ3n) is 2.34. The normalized spacial score (nSPS) is 9.71. The Balaban J connectivity index is 2.41. The molecule has 5 heteroatoms. The van der Waals surface area contributed by atoms with E-state index in [0.717, 1.165) is 10.4 Å². The molecule has 84 valence electrons. The van der Waals surface area contributed by atoms with E-state index < -0.39 is 0 Å². The van der Waals surface area contributed by atoms with Crippen molar-refractivity contribution in [1.29, 1.82) is 0 Å². The lowest BCUT2D eigenvalue weighted by molar-refractivity contribution is 0.104. The first-order chi connectivity index (χ1) is 8.22. The van der Waals surface area contributed by atoms with Crippen molar-refractivity contribution in [3.63, 3.8) is 0 Å². The second kappa shape index (κ2) is 4.82. The molecule has 0 aliphatic heterocycles. The number of thiophene rings is 1. The highest BCUT2D eigenvalue weighted by Gasteiger charge is 2.12. The van der Waals surface area contributed by atoms with Crippen molar-refractivity contribution >= 4 is 22.8 Å². The molecule has 0 unspecified atom stereocenters. The Morgan fingerprint density at radius 1 is 1.41 bits per heavy atom. The molecular formula is C12H9N3OS. The van der Waals surface area contributed by atoms with Crippen molar-refractivity contribution < 1.29 is 4.79 Å². The minimum absolute atomic E-state index is 0.0347. The third-order valence-corrected chi connectivity index (χ3v) is 3.35. The lowest BCUT2D eigenvalue weighted by Gasteiger charge is -2.00. The zero-order valence-electron chi connectivity index (χ0n) is 9.12. The number of carbonyl (C=O) groups excluding carboxylic acids is 1. The van der Waals surface area contributed by atoms with Gasteiger partial charge in [0.15, 0.2) is 0 Å². The van der Waals surface area contributed by atoms with E-state index in [1.165, 1.54) is 11.3 Å². The van der Waals surface area contributed by atoms with Crippen LogP contribution < -0.4 is 0 Å². The van der Waals surface area contributed by atoms with E-state index in [1.54, 1.807) is 24.3 Å². The van der Waals surface area contributed by atoms with Crippen molar-refractivity contribution in [3.05, 3.63) is 62.2 Å². The highest BCUT2D eigenvalue weighted by Crippen LogP contribution is 2.22. The monoisotopic (exact) mass is 243 g/mol. The summed E-state index contributed by atoms with van der Waals surface area (Å²) in [4.78, 5) is 15.6. The van der Waals surface area contributed by atoms with E-state index in [0.29, 0.717) is 11.3 Å². The van der Waals surface area contributed by atoms with Gasteiger partial charge in [-0.3, -0.25) is 4.79 Å². The fourth-order valence-corrected chi connectivity index (χ4v) is 2.38. The molecular weight excluding hydrogens is 234 g/mol. The highest BCUT2D eigenvalue weighted by atomic mass is 32.1. The van der Waals surface area contributed by atoms with Crippen LogP contribution in [0.15, 0.2) is 40.8 Å². The van der Waals surface area contributed by atoms with E-state index >= 15 is 0 Å². The second-order valence-electron chi connectivity index (χ2n) is 3.50. The Bertz CT molecular complexity index is 612. The quantitative estimate of drug-likeness (QED) is 0.344. The van der Waals surface area contributed by atoms with E-state index in [1.807, 2.05) is 18.4 Å². The zero-order valence-corrected chi connectivity index (χ0v) is 9.94. The van der Waals surface area contributed by atoms with Crippen LogP contribution in [0.3, 0.4) is 0 Å². The van der Waals surface area contributed by atoms with Crippen molar-refractivity contribution in [1.82, 2.24) is 0 Å². The smallest absolute Gasteiger partial charge is 0.203 e. The molecule has 0 atom stereocenters. The third kappa shape index (κ3) is 2.36. The van der Waals surface area contributed by atoms with Gasteiger partial charge in [-0.2, -0.15) is 0 Å². The molecule has 2 aromatic rings. The lowest BCUT2D eigenvalue weighted by Crippen LogP contribution is -1.99. The summed E-state index contributed by atoms with van der Waals surface area (Å²) in [6.45, 7) is 1.90. The average molecular weight is 243 g/mol. The largest absolute Gasteiger partial charge is 0.288 e. The van der Waals surface area contributed by atoms with Crippen LogP contribution in [-0.2, 0) is 0 Å². The van der Waals surface area contributed by atoms with Gasteiger partial charge >= 0.3 is 0 Å². The number of benzene rings is 1. The number of azide groups is 1. The molecule has 1 aromatic carbocycles. The molecule has 0 radical (unpaired) electrons. The van der Waals surface area contributed by atoms with Gasteiger partial charge < -0.3 is 0 Å². The summed E-state index contributed by atoms with van der Waals surface area (Å²) in [6.07, 6.45) is 0. The molecule has 0 saturated heterocycles. The van der Waals surface area contributed by atoms with Crippen LogP contribution in [0, 0.1) is 6.92 Å². The Morgan fingerprint density at radius 3 is 2.88 bits per heavy atom. The van der Waals surface area contributed by atoms with Gasteiger partial charge in [-0.15, -0.1) is 11.3 Å². The van der Waals surface area contributed by atoms with Gasteiger partial charge in [0.25, 0.3) is 0 Å². The summed E-state index contributed by atoms with van der Waals surface area (Å²) in [5.74, 6) is -0.0347. The van der Waals surface area contributed by atoms with Crippen molar-refractivity contribution in [3.8, 4) is 0 Å². The van der Waals surface area contributed by atoms with Gasteiger partial charge in [-0.1, -0.05) is 23.3 Å². The van der Waals surface area contributed by atoms with Crippen molar-refractivity contribution in [2.24, 2.45) is 5.11 Å². The molecule has 0 fully saturated rings. The first kappa shape index (κ1) is 11.4. The Kier molecular flexibility index (Phi) is 3.23. The second-order valence-corrected chi connectivity index (χ2v) is 4.42. The van der Waals surface area contributed by atoms with Crippen LogP contribution in [-0.4, -0.2) is 5.78 Å².